The molecule has 0 bridgehead atoms. The molecule has 2 unspecified atom stereocenters. The van der Waals surface area contributed by atoms with Gasteiger partial charge in [0.05, 0.1) is 0 Å². The van der Waals surface area contributed by atoms with Crippen molar-refractivity contribution in [3.8, 4) is 0 Å². The topological polar surface area (TPSA) is 12.0 Å². The Hall–Kier alpha value is -0.710. The molecule has 0 aliphatic carbocycles. The standard InChI is InChI=1S/C14H15BrFNS/c1-9(12-6-5-11(15)8-13(12)16)17-10(2)14-4-3-7-18-14/h3-10,17H,1-2H3. The van der Waals surface area contributed by atoms with E-state index in [1.807, 2.05) is 25.1 Å². The van der Waals surface area contributed by atoms with Gasteiger partial charge in [0.1, 0.15) is 5.82 Å². The summed E-state index contributed by atoms with van der Waals surface area (Å²) >= 11 is 4.98. The maximum atomic E-state index is 13.8. The summed E-state index contributed by atoms with van der Waals surface area (Å²) in [6.45, 7) is 4.08. The Bertz CT molecular complexity index is 513. The fourth-order valence-electron chi connectivity index (χ4n) is 1.94. The molecule has 0 aliphatic rings. The minimum atomic E-state index is -0.178. The molecule has 0 fully saturated rings. The molecule has 2 aromatic rings. The monoisotopic (exact) mass is 327 g/mol. The Morgan fingerprint density at radius 2 is 2.00 bits per heavy atom. The van der Waals surface area contributed by atoms with Gasteiger partial charge >= 0.3 is 0 Å². The SMILES string of the molecule is CC(NC(C)c1ccc(Br)cc1F)c1cccs1. The van der Waals surface area contributed by atoms with Crippen LogP contribution < -0.4 is 5.32 Å². The number of benzene rings is 1. The third-order valence-corrected chi connectivity index (χ3v) is 4.45. The molecule has 0 amide bonds. The number of halogens is 2. The van der Waals surface area contributed by atoms with Crippen molar-refractivity contribution in [2.45, 2.75) is 25.9 Å². The molecular formula is C14H15BrFNS. The second-order valence-corrected chi connectivity index (χ2v) is 6.19. The van der Waals surface area contributed by atoms with Gasteiger partial charge in [0.2, 0.25) is 0 Å². The van der Waals surface area contributed by atoms with Gasteiger partial charge in [0.25, 0.3) is 0 Å². The third-order valence-electron chi connectivity index (χ3n) is 2.90. The number of hydrogen-bond acceptors (Lipinski definition) is 2. The molecule has 1 N–H and O–H groups in total. The Labute approximate surface area is 119 Å². The summed E-state index contributed by atoms with van der Waals surface area (Å²) in [4.78, 5) is 1.26. The van der Waals surface area contributed by atoms with Crippen molar-refractivity contribution in [3.05, 3.63) is 56.4 Å². The Kier molecular flexibility index (Phi) is 4.54. The van der Waals surface area contributed by atoms with Gasteiger partial charge in [-0.2, -0.15) is 0 Å². The minimum Gasteiger partial charge on any atom is -0.303 e. The molecule has 1 heterocycles. The van der Waals surface area contributed by atoms with E-state index in [1.54, 1.807) is 11.3 Å². The summed E-state index contributed by atoms with van der Waals surface area (Å²) in [5.41, 5.74) is 0.696. The van der Waals surface area contributed by atoms with Crippen molar-refractivity contribution in [1.82, 2.24) is 5.32 Å². The first-order valence-electron chi connectivity index (χ1n) is 5.82. The zero-order valence-corrected chi connectivity index (χ0v) is 12.7. The molecule has 18 heavy (non-hydrogen) atoms. The van der Waals surface area contributed by atoms with E-state index in [2.05, 4.69) is 39.6 Å². The Morgan fingerprint density at radius 1 is 1.22 bits per heavy atom. The van der Waals surface area contributed by atoms with Crippen LogP contribution in [0.25, 0.3) is 0 Å². The summed E-state index contributed by atoms with van der Waals surface area (Å²) in [6.07, 6.45) is 0. The van der Waals surface area contributed by atoms with Crippen LogP contribution in [0.1, 0.15) is 36.4 Å². The number of nitrogens with one attached hydrogen (secondary N) is 1. The molecule has 96 valence electrons. The fraction of sp³-hybridized carbons (Fsp3) is 0.286. The third kappa shape index (κ3) is 3.19. The molecule has 1 aromatic carbocycles. The largest absolute Gasteiger partial charge is 0.303 e. The van der Waals surface area contributed by atoms with E-state index in [0.717, 1.165) is 4.47 Å². The van der Waals surface area contributed by atoms with Crippen LogP contribution in [-0.4, -0.2) is 0 Å². The van der Waals surface area contributed by atoms with Crippen molar-refractivity contribution in [2.24, 2.45) is 0 Å². The van der Waals surface area contributed by atoms with E-state index in [4.69, 9.17) is 0 Å². The van der Waals surface area contributed by atoms with Gasteiger partial charge in [-0.25, -0.2) is 4.39 Å². The predicted octanol–water partition coefficient (Wildman–Crippen LogP) is 5.06. The summed E-state index contributed by atoms with van der Waals surface area (Å²) in [7, 11) is 0. The molecule has 0 radical (unpaired) electrons. The molecule has 0 saturated carbocycles. The first-order valence-corrected chi connectivity index (χ1v) is 7.49. The highest BCUT2D eigenvalue weighted by Crippen LogP contribution is 2.25. The van der Waals surface area contributed by atoms with Crippen LogP contribution in [0.5, 0.6) is 0 Å². The Balaban J connectivity index is 2.10. The highest BCUT2D eigenvalue weighted by molar-refractivity contribution is 9.10. The van der Waals surface area contributed by atoms with Crippen LogP contribution in [-0.2, 0) is 0 Å². The zero-order chi connectivity index (χ0) is 13.1. The number of hydrogen-bond donors (Lipinski definition) is 1. The second kappa shape index (κ2) is 5.95. The van der Waals surface area contributed by atoms with Gasteiger partial charge in [-0.15, -0.1) is 11.3 Å². The molecule has 0 saturated heterocycles. The van der Waals surface area contributed by atoms with E-state index >= 15 is 0 Å². The first kappa shape index (κ1) is 13.7. The van der Waals surface area contributed by atoms with Gasteiger partial charge in [-0.05, 0) is 37.4 Å². The maximum absolute atomic E-state index is 13.8. The van der Waals surface area contributed by atoms with Crippen molar-refractivity contribution < 1.29 is 4.39 Å². The van der Waals surface area contributed by atoms with Gasteiger partial charge in [-0.3, -0.25) is 0 Å². The van der Waals surface area contributed by atoms with Gasteiger partial charge < -0.3 is 5.32 Å². The van der Waals surface area contributed by atoms with Crippen LogP contribution in [0.2, 0.25) is 0 Å². The van der Waals surface area contributed by atoms with E-state index < -0.39 is 0 Å². The van der Waals surface area contributed by atoms with Crippen LogP contribution in [0.3, 0.4) is 0 Å². The van der Waals surface area contributed by atoms with Gasteiger partial charge in [0.15, 0.2) is 0 Å². The van der Waals surface area contributed by atoms with E-state index in [0.29, 0.717) is 5.56 Å². The van der Waals surface area contributed by atoms with E-state index in [1.165, 1.54) is 10.9 Å². The minimum absolute atomic E-state index is 0.0183. The van der Waals surface area contributed by atoms with Crippen molar-refractivity contribution >= 4 is 27.3 Å². The molecule has 0 spiro atoms. The van der Waals surface area contributed by atoms with Crippen LogP contribution in [0, 0.1) is 5.82 Å². The smallest absolute Gasteiger partial charge is 0.129 e. The van der Waals surface area contributed by atoms with E-state index in [-0.39, 0.29) is 17.9 Å². The average Bonchev–Trinajstić information content (AvgIpc) is 2.81. The van der Waals surface area contributed by atoms with Gasteiger partial charge in [-0.1, -0.05) is 28.1 Å². The van der Waals surface area contributed by atoms with Gasteiger partial charge in [0, 0.05) is 27.0 Å². The zero-order valence-electron chi connectivity index (χ0n) is 10.3. The molecular weight excluding hydrogens is 313 g/mol. The van der Waals surface area contributed by atoms with Crippen molar-refractivity contribution in [1.29, 1.82) is 0 Å². The molecule has 4 heteroatoms. The predicted molar refractivity (Wildman–Crippen MR) is 78.4 cm³/mol. The summed E-state index contributed by atoms with van der Waals surface area (Å²) < 4.78 is 14.6. The lowest BCUT2D eigenvalue weighted by molar-refractivity contribution is 0.478. The fourth-order valence-corrected chi connectivity index (χ4v) is 3.01. The maximum Gasteiger partial charge on any atom is 0.129 e. The number of thiophene rings is 1. The first-order chi connectivity index (χ1) is 8.58. The summed E-state index contributed by atoms with van der Waals surface area (Å²) in [5.74, 6) is -0.178. The van der Waals surface area contributed by atoms with E-state index in [9.17, 15) is 4.39 Å². The van der Waals surface area contributed by atoms with Crippen LogP contribution in [0.4, 0.5) is 4.39 Å². The molecule has 1 aromatic heterocycles. The molecule has 2 rings (SSSR count). The molecule has 0 aliphatic heterocycles. The lowest BCUT2D eigenvalue weighted by atomic mass is 10.1. The van der Waals surface area contributed by atoms with Crippen molar-refractivity contribution in [3.63, 3.8) is 0 Å². The van der Waals surface area contributed by atoms with Crippen LogP contribution >= 0.6 is 27.3 Å². The lowest BCUT2D eigenvalue weighted by Gasteiger charge is -2.20. The quantitative estimate of drug-likeness (QED) is 0.827. The summed E-state index contributed by atoms with van der Waals surface area (Å²) in [6, 6.07) is 9.52. The Morgan fingerprint density at radius 3 is 2.61 bits per heavy atom. The highest BCUT2D eigenvalue weighted by atomic mass is 79.9. The van der Waals surface area contributed by atoms with Crippen LogP contribution in [0.15, 0.2) is 40.2 Å². The second-order valence-electron chi connectivity index (χ2n) is 4.29. The molecule has 2 atom stereocenters. The lowest BCUT2D eigenvalue weighted by Crippen LogP contribution is -2.22. The normalized spacial score (nSPS) is 14.4. The number of rotatable bonds is 4. The average molecular weight is 328 g/mol. The summed E-state index contributed by atoms with van der Waals surface area (Å²) in [5, 5.41) is 5.47. The molecule has 1 nitrogen and oxygen atoms in total. The highest BCUT2D eigenvalue weighted by Gasteiger charge is 2.15. The van der Waals surface area contributed by atoms with Crippen molar-refractivity contribution in [2.75, 3.05) is 0 Å².